The minimum absolute atomic E-state index is 0.104. The number of hydrogen-bond acceptors (Lipinski definition) is 6. The van der Waals surface area contributed by atoms with Crippen molar-refractivity contribution < 1.29 is 9.18 Å². The molecule has 0 bridgehead atoms. The number of halogens is 1. The van der Waals surface area contributed by atoms with E-state index in [1.54, 1.807) is 43.7 Å². The van der Waals surface area contributed by atoms with Crippen LogP contribution in [0.3, 0.4) is 0 Å². The van der Waals surface area contributed by atoms with E-state index < -0.39 is 0 Å². The molecule has 0 aliphatic rings. The van der Waals surface area contributed by atoms with Gasteiger partial charge in [-0.3, -0.25) is 19.1 Å². The number of nitrogens with one attached hydrogen (secondary N) is 2. The van der Waals surface area contributed by atoms with Crippen molar-refractivity contribution in [2.75, 3.05) is 18.4 Å². The van der Waals surface area contributed by atoms with Crippen LogP contribution in [0.4, 0.5) is 10.3 Å². The summed E-state index contributed by atoms with van der Waals surface area (Å²) < 4.78 is 15.0. The number of aromatic nitrogens is 3. The van der Waals surface area contributed by atoms with Crippen molar-refractivity contribution in [1.82, 2.24) is 19.9 Å². The molecule has 0 aliphatic carbocycles. The lowest BCUT2D eigenvalue weighted by atomic mass is 10.0. The quantitative estimate of drug-likeness (QED) is 0.335. The van der Waals surface area contributed by atoms with Crippen LogP contribution < -0.4 is 21.9 Å². The fraction of sp³-hybridized carbons (Fsp3) is 0.185. The van der Waals surface area contributed by atoms with Crippen molar-refractivity contribution in [3.05, 3.63) is 101 Å². The Hall–Kier alpha value is -4.37. The molecular formula is C27H27FN6O2. The molecule has 1 atom stereocenters. The largest absolute Gasteiger partial charge is 0.355 e. The van der Waals surface area contributed by atoms with E-state index in [4.69, 9.17) is 10.7 Å². The maximum Gasteiger partial charge on any atom is 0.263 e. The lowest BCUT2D eigenvalue weighted by Crippen LogP contribution is -2.34. The van der Waals surface area contributed by atoms with E-state index in [0.29, 0.717) is 41.3 Å². The number of amides is 1. The first-order chi connectivity index (χ1) is 17.5. The van der Waals surface area contributed by atoms with Crippen molar-refractivity contribution in [2.24, 2.45) is 12.8 Å². The summed E-state index contributed by atoms with van der Waals surface area (Å²) in [6, 6.07) is 18.6. The number of carbonyl (C=O) groups excluding carboxylic acids is 1. The molecule has 0 aliphatic heterocycles. The average Bonchev–Trinajstić information content (AvgIpc) is 2.92. The van der Waals surface area contributed by atoms with Gasteiger partial charge in [0.05, 0.1) is 23.8 Å². The average molecular weight is 487 g/mol. The van der Waals surface area contributed by atoms with Crippen LogP contribution in [0.25, 0.3) is 22.4 Å². The second-order valence-corrected chi connectivity index (χ2v) is 8.22. The zero-order chi connectivity index (χ0) is 25.5. The molecule has 184 valence electrons. The van der Waals surface area contributed by atoms with Gasteiger partial charge in [0.1, 0.15) is 5.82 Å². The summed E-state index contributed by atoms with van der Waals surface area (Å²) in [6.07, 6.45) is 3.79. The van der Waals surface area contributed by atoms with Crippen molar-refractivity contribution >= 4 is 11.9 Å². The number of benzene rings is 2. The standard InChI is InChI=1S/C27H27FN6O2/c1-34-26(36)24(19-7-9-21(28)10-8-19)25(20-11-14-30-15-12-20)33-27(34)31-16-13-22(32-23(35)17-29)18-5-3-2-4-6-18/h2-12,14-15,22H,13,16-17,29H2,1H3,(H,31,33)(H,32,35)/t22-/m0/s1. The fourth-order valence-electron chi connectivity index (χ4n) is 3.94. The van der Waals surface area contributed by atoms with E-state index in [1.807, 2.05) is 30.3 Å². The van der Waals surface area contributed by atoms with Gasteiger partial charge in [0.2, 0.25) is 11.9 Å². The van der Waals surface area contributed by atoms with Gasteiger partial charge in [0.15, 0.2) is 0 Å². The number of carbonyl (C=O) groups is 1. The summed E-state index contributed by atoms with van der Waals surface area (Å²) in [7, 11) is 1.63. The molecule has 2 aromatic carbocycles. The highest BCUT2D eigenvalue weighted by Gasteiger charge is 2.19. The second kappa shape index (κ2) is 11.4. The first kappa shape index (κ1) is 24.7. The van der Waals surface area contributed by atoms with Crippen LogP contribution in [0.2, 0.25) is 0 Å². The predicted molar refractivity (Wildman–Crippen MR) is 138 cm³/mol. The summed E-state index contributed by atoms with van der Waals surface area (Å²) in [4.78, 5) is 34.3. The second-order valence-electron chi connectivity index (χ2n) is 8.22. The molecule has 9 heteroatoms. The van der Waals surface area contributed by atoms with Crippen molar-refractivity contribution in [3.8, 4) is 22.4 Å². The van der Waals surface area contributed by atoms with Crippen LogP contribution in [0.1, 0.15) is 18.0 Å². The fourth-order valence-corrected chi connectivity index (χ4v) is 3.94. The molecule has 36 heavy (non-hydrogen) atoms. The molecule has 0 radical (unpaired) electrons. The molecule has 4 aromatic rings. The number of hydrogen-bond donors (Lipinski definition) is 3. The maximum absolute atomic E-state index is 13.5. The van der Waals surface area contributed by atoms with Gasteiger partial charge in [-0.2, -0.15) is 0 Å². The molecule has 2 aromatic heterocycles. The molecule has 4 rings (SSSR count). The van der Waals surface area contributed by atoms with Crippen molar-refractivity contribution in [2.45, 2.75) is 12.5 Å². The number of nitrogens with zero attached hydrogens (tertiary/aromatic N) is 3. The van der Waals surface area contributed by atoms with Crippen molar-refractivity contribution in [1.29, 1.82) is 0 Å². The zero-order valence-electron chi connectivity index (χ0n) is 19.8. The van der Waals surface area contributed by atoms with Gasteiger partial charge in [-0.1, -0.05) is 42.5 Å². The lowest BCUT2D eigenvalue weighted by Gasteiger charge is -2.20. The van der Waals surface area contributed by atoms with Crippen LogP contribution in [0, 0.1) is 5.82 Å². The number of pyridine rings is 1. The van der Waals surface area contributed by atoms with E-state index in [9.17, 15) is 14.0 Å². The Kier molecular flexibility index (Phi) is 7.82. The van der Waals surface area contributed by atoms with Gasteiger partial charge in [0.25, 0.3) is 5.56 Å². The summed E-state index contributed by atoms with van der Waals surface area (Å²) in [6.45, 7) is 0.323. The van der Waals surface area contributed by atoms with Crippen LogP contribution in [0.5, 0.6) is 0 Å². The minimum atomic E-state index is -0.387. The highest BCUT2D eigenvalue weighted by Crippen LogP contribution is 2.29. The third-order valence-electron chi connectivity index (χ3n) is 5.82. The van der Waals surface area contributed by atoms with Crippen molar-refractivity contribution in [3.63, 3.8) is 0 Å². The summed E-state index contributed by atoms with van der Waals surface area (Å²) in [5.41, 5.74) is 8.28. The molecule has 0 spiro atoms. The molecule has 2 heterocycles. The first-order valence-corrected chi connectivity index (χ1v) is 11.5. The van der Waals surface area contributed by atoms with Gasteiger partial charge in [-0.25, -0.2) is 9.37 Å². The highest BCUT2D eigenvalue weighted by atomic mass is 19.1. The Morgan fingerprint density at radius 2 is 1.72 bits per heavy atom. The normalized spacial score (nSPS) is 11.6. The van der Waals surface area contributed by atoms with Crippen LogP contribution in [0.15, 0.2) is 83.9 Å². The van der Waals surface area contributed by atoms with Gasteiger partial charge >= 0.3 is 0 Å². The molecule has 4 N–H and O–H groups in total. The van der Waals surface area contributed by atoms with Gasteiger partial charge in [-0.05, 0) is 41.8 Å². The summed E-state index contributed by atoms with van der Waals surface area (Å²) in [5.74, 6) is -0.269. The van der Waals surface area contributed by atoms with E-state index >= 15 is 0 Å². The van der Waals surface area contributed by atoms with Crippen LogP contribution in [-0.2, 0) is 11.8 Å². The van der Waals surface area contributed by atoms with E-state index in [1.165, 1.54) is 16.7 Å². The Labute approximate surface area is 208 Å². The SMILES string of the molecule is Cn1c(NCC[C@H](NC(=O)CN)c2ccccc2)nc(-c2ccncc2)c(-c2ccc(F)cc2)c1=O. The van der Waals surface area contributed by atoms with E-state index in [0.717, 1.165) is 5.56 Å². The first-order valence-electron chi connectivity index (χ1n) is 11.5. The van der Waals surface area contributed by atoms with Crippen LogP contribution >= 0.6 is 0 Å². The molecule has 1 amide bonds. The molecule has 0 saturated carbocycles. The monoisotopic (exact) mass is 486 g/mol. The predicted octanol–water partition coefficient (Wildman–Crippen LogP) is 3.27. The Bertz CT molecular complexity index is 1380. The molecule has 0 saturated heterocycles. The smallest absolute Gasteiger partial charge is 0.263 e. The van der Waals surface area contributed by atoms with Gasteiger partial charge < -0.3 is 16.4 Å². The Morgan fingerprint density at radius 1 is 1.03 bits per heavy atom. The Morgan fingerprint density at radius 3 is 2.39 bits per heavy atom. The number of anilines is 1. The zero-order valence-corrected chi connectivity index (χ0v) is 19.8. The number of rotatable bonds is 9. The maximum atomic E-state index is 13.5. The Balaban J connectivity index is 1.66. The third kappa shape index (κ3) is 5.64. The van der Waals surface area contributed by atoms with Gasteiger partial charge in [-0.15, -0.1) is 0 Å². The van der Waals surface area contributed by atoms with Gasteiger partial charge in [0, 0.05) is 31.5 Å². The van der Waals surface area contributed by atoms with E-state index in [-0.39, 0.29) is 29.9 Å². The highest BCUT2D eigenvalue weighted by molar-refractivity contribution is 5.81. The third-order valence-corrected chi connectivity index (χ3v) is 5.82. The lowest BCUT2D eigenvalue weighted by molar-refractivity contribution is -0.120. The molecule has 8 nitrogen and oxygen atoms in total. The van der Waals surface area contributed by atoms with E-state index in [2.05, 4.69) is 15.6 Å². The summed E-state index contributed by atoms with van der Waals surface area (Å²) in [5, 5.41) is 6.17. The molecule has 0 fully saturated rings. The molecule has 0 unspecified atom stereocenters. The number of nitrogens with two attached hydrogens (primary N) is 1. The molecular weight excluding hydrogens is 459 g/mol. The minimum Gasteiger partial charge on any atom is -0.355 e. The van der Waals surface area contributed by atoms with Crippen LogP contribution in [-0.4, -0.2) is 33.5 Å². The topological polar surface area (TPSA) is 115 Å². The summed E-state index contributed by atoms with van der Waals surface area (Å²) >= 11 is 0.